The summed E-state index contributed by atoms with van der Waals surface area (Å²) in [5.74, 6) is -1.22. The summed E-state index contributed by atoms with van der Waals surface area (Å²) in [5.41, 5.74) is 5.04. The number of nitrogens with zero attached hydrogens (tertiary/aromatic N) is 2. The molecule has 2 amide bonds. The van der Waals surface area contributed by atoms with Gasteiger partial charge in [0.2, 0.25) is 5.91 Å². The molecule has 0 unspecified atom stereocenters. The molecule has 1 heterocycles. The zero-order valence-corrected chi connectivity index (χ0v) is 20.5. The monoisotopic (exact) mass is 492 g/mol. The van der Waals surface area contributed by atoms with Gasteiger partial charge in [-0.15, -0.1) is 0 Å². The molecule has 0 saturated carbocycles. The van der Waals surface area contributed by atoms with Crippen molar-refractivity contribution in [1.29, 1.82) is 0 Å². The number of aromatic carboxylic acids is 1. The minimum atomic E-state index is -1.00. The number of hydrogen-bond acceptors (Lipinski definition) is 5. The van der Waals surface area contributed by atoms with E-state index in [4.69, 9.17) is 10.3 Å². The van der Waals surface area contributed by atoms with Crippen LogP contribution in [0.15, 0.2) is 54.7 Å². The van der Waals surface area contributed by atoms with E-state index in [0.717, 1.165) is 35.4 Å². The van der Waals surface area contributed by atoms with E-state index in [9.17, 15) is 14.4 Å². The number of carboxylic acids is 1. The average Bonchev–Trinajstić information content (AvgIpc) is 3.25. The Labute approximate surface area is 210 Å². The summed E-state index contributed by atoms with van der Waals surface area (Å²) in [5, 5.41) is 21.1. The van der Waals surface area contributed by atoms with E-state index in [1.165, 1.54) is 18.3 Å². The van der Waals surface area contributed by atoms with Gasteiger partial charge in [-0.25, -0.2) is 15.3 Å². The first-order valence-electron chi connectivity index (χ1n) is 12.0. The van der Waals surface area contributed by atoms with Crippen molar-refractivity contribution in [3.63, 3.8) is 0 Å². The fraction of sp³-hybridized carbons (Fsp3) is 0.333. The third-order valence-electron chi connectivity index (χ3n) is 5.92. The minimum Gasteiger partial charge on any atom is -0.478 e. The van der Waals surface area contributed by atoms with Gasteiger partial charge in [0.15, 0.2) is 0 Å². The lowest BCUT2D eigenvalue weighted by Gasteiger charge is -2.19. The number of benzene rings is 2. The quantitative estimate of drug-likeness (QED) is 0.226. The zero-order valence-electron chi connectivity index (χ0n) is 20.5. The molecule has 9 heteroatoms. The molecule has 1 aromatic heterocycles. The molecule has 0 fully saturated rings. The summed E-state index contributed by atoms with van der Waals surface area (Å²) in [6.45, 7) is 4.39. The smallest absolute Gasteiger partial charge is 0.335 e. The molecule has 4 N–H and O–H groups in total. The van der Waals surface area contributed by atoms with E-state index in [-0.39, 0.29) is 17.9 Å². The lowest BCUT2D eigenvalue weighted by Crippen LogP contribution is -2.41. The molecule has 36 heavy (non-hydrogen) atoms. The van der Waals surface area contributed by atoms with Crippen LogP contribution in [0.1, 0.15) is 69.5 Å². The number of nitrogens with one attached hydrogen (secondary N) is 2. The number of rotatable bonds is 12. The third kappa shape index (κ3) is 7.26. The highest BCUT2D eigenvalue weighted by Gasteiger charge is 2.22. The summed E-state index contributed by atoms with van der Waals surface area (Å²) in [6, 6.07) is 13.8. The largest absolute Gasteiger partial charge is 0.478 e. The van der Waals surface area contributed by atoms with Crippen LogP contribution in [0.25, 0.3) is 0 Å². The predicted octanol–water partition coefficient (Wildman–Crippen LogP) is 3.52. The molecule has 3 rings (SSSR count). The SMILES string of the molecule is CCCCc1ncc(C(=O)N[C@@H](CC(=O)NO)Cc2cccc(C)c2)n1Cc1ccc(C(=O)O)cc1. The summed E-state index contributed by atoms with van der Waals surface area (Å²) >= 11 is 0. The second-order valence-electron chi connectivity index (χ2n) is 8.85. The summed E-state index contributed by atoms with van der Waals surface area (Å²) < 4.78 is 1.83. The van der Waals surface area contributed by atoms with Crippen molar-refractivity contribution in [1.82, 2.24) is 20.3 Å². The van der Waals surface area contributed by atoms with Gasteiger partial charge in [-0.05, 0) is 43.0 Å². The predicted molar refractivity (Wildman–Crippen MR) is 134 cm³/mol. The Morgan fingerprint density at radius 2 is 1.83 bits per heavy atom. The van der Waals surface area contributed by atoms with Crippen molar-refractivity contribution in [2.24, 2.45) is 0 Å². The third-order valence-corrected chi connectivity index (χ3v) is 5.92. The second-order valence-corrected chi connectivity index (χ2v) is 8.85. The molecular formula is C27H32N4O5. The second kappa shape index (κ2) is 12.6. The lowest BCUT2D eigenvalue weighted by molar-refractivity contribution is -0.129. The maximum atomic E-state index is 13.4. The number of carbonyl (C=O) groups is 3. The van der Waals surface area contributed by atoms with Gasteiger partial charge >= 0.3 is 5.97 Å². The molecule has 0 spiro atoms. The minimum absolute atomic E-state index is 0.0936. The highest BCUT2D eigenvalue weighted by Crippen LogP contribution is 2.15. The highest BCUT2D eigenvalue weighted by atomic mass is 16.5. The Hall–Kier alpha value is -3.98. The molecule has 0 saturated heterocycles. The van der Waals surface area contributed by atoms with Gasteiger partial charge in [0.25, 0.3) is 5.91 Å². The Morgan fingerprint density at radius 1 is 1.08 bits per heavy atom. The molecule has 0 radical (unpaired) electrons. The van der Waals surface area contributed by atoms with Crippen molar-refractivity contribution in [2.45, 2.75) is 58.5 Å². The van der Waals surface area contributed by atoms with Crippen molar-refractivity contribution >= 4 is 17.8 Å². The van der Waals surface area contributed by atoms with Crippen LogP contribution in [0.5, 0.6) is 0 Å². The number of unbranched alkanes of at least 4 members (excludes halogenated alkanes) is 1. The summed E-state index contributed by atoms with van der Waals surface area (Å²) in [4.78, 5) is 41.0. The van der Waals surface area contributed by atoms with E-state index in [1.54, 1.807) is 17.6 Å². The van der Waals surface area contributed by atoms with Crippen LogP contribution in [0.4, 0.5) is 0 Å². The van der Waals surface area contributed by atoms with Gasteiger partial charge in [0.1, 0.15) is 11.5 Å². The number of aromatic nitrogens is 2. The van der Waals surface area contributed by atoms with Gasteiger partial charge in [0.05, 0.1) is 11.8 Å². The number of aryl methyl sites for hydroxylation is 2. The summed E-state index contributed by atoms with van der Waals surface area (Å²) in [7, 11) is 0. The van der Waals surface area contributed by atoms with Crippen LogP contribution < -0.4 is 10.8 Å². The number of carboxylic acid groups (broad SMARTS) is 1. The van der Waals surface area contributed by atoms with Crippen LogP contribution >= 0.6 is 0 Å². The fourth-order valence-electron chi connectivity index (χ4n) is 4.07. The molecule has 0 bridgehead atoms. The van der Waals surface area contributed by atoms with Gasteiger partial charge < -0.3 is 15.0 Å². The Balaban J connectivity index is 1.86. The van der Waals surface area contributed by atoms with Crippen LogP contribution in [0, 0.1) is 6.92 Å². The van der Waals surface area contributed by atoms with Crippen LogP contribution in [0.2, 0.25) is 0 Å². The fourth-order valence-corrected chi connectivity index (χ4v) is 4.07. The molecule has 2 aromatic carbocycles. The average molecular weight is 493 g/mol. The van der Waals surface area contributed by atoms with E-state index < -0.39 is 17.9 Å². The number of hydroxylamine groups is 1. The molecule has 3 aromatic rings. The van der Waals surface area contributed by atoms with Gasteiger partial charge in [-0.1, -0.05) is 55.3 Å². The molecule has 9 nitrogen and oxygen atoms in total. The van der Waals surface area contributed by atoms with E-state index >= 15 is 0 Å². The van der Waals surface area contributed by atoms with E-state index in [0.29, 0.717) is 25.1 Å². The molecule has 190 valence electrons. The Kier molecular flexibility index (Phi) is 9.35. The standard InChI is InChI=1S/C27H32N4O5/c1-3-4-8-24-28-16-23(31(24)17-19-9-11-21(12-10-19)27(34)35)26(33)29-22(15-25(32)30-36)14-20-7-5-6-18(2)13-20/h5-7,9-13,16,22,36H,3-4,8,14-15,17H2,1-2H3,(H,29,33)(H,30,32)(H,34,35)/t22-/m1/s1. The first-order chi connectivity index (χ1) is 17.3. The van der Waals surface area contributed by atoms with Gasteiger partial charge in [-0.3, -0.25) is 14.8 Å². The molecule has 0 aliphatic rings. The van der Waals surface area contributed by atoms with Crippen LogP contribution in [-0.4, -0.2) is 43.7 Å². The Morgan fingerprint density at radius 3 is 2.47 bits per heavy atom. The van der Waals surface area contributed by atoms with E-state index in [1.807, 2.05) is 35.8 Å². The van der Waals surface area contributed by atoms with Crippen LogP contribution in [0.3, 0.4) is 0 Å². The van der Waals surface area contributed by atoms with Crippen molar-refractivity contribution in [3.05, 3.63) is 88.5 Å². The van der Waals surface area contributed by atoms with E-state index in [2.05, 4.69) is 17.2 Å². The van der Waals surface area contributed by atoms with Crippen molar-refractivity contribution < 1.29 is 24.7 Å². The zero-order chi connectivity index (χ0) is 26.1. The lowest BCUT2D eigenvalue weighted by atomic mass is 10.0. The molecule has 0 aliphatic carbocycles. The highest BCUT2D eigenvalue weighted by molar-refractivity contribution is 5.93. The molecular weight excluding hydrogens is 460 g/mol. The number of carbonyl (C=O) groups excluding carboxylic acids is 2. The number of hydrogen-bond donors (Lipinski definition) is 4. The first kappa shape index (κ1) is 26.6. The summed E-state index contributed by atoms with van der Waals surface area (Å²) in [6.07, 6.45) is 4.41. The number of imidazole rings is 1. The van der Waals surface area contributed by atoms with Gasteiger partial charge in [0, 0.05) is 25.4 Å². The van der Waals surface area contributed by atoms with Crippen LogP contribution in [-0.2, 0) is 24.2 Å². The maximum Gasteiger partial charge on any atom is 0.335 e. The molecule has 1 atom stereocenters. The Bertz CT molecular complexity index is 1200. The van der Waals surface area contributed by atoms with Crippen molar-refractivity contribution in [3.8, 4) is 0 Å². The first-order valence-corrected chi connectivity index (χ1v) is 12.0. The topological polar surface area (TPSA) is 134 Å². The number of amides is 2. The molecule has 0 aliphatic heterocycles. The maximum absolute atomic E-state index is 13.4. The van der Waals surface area contributed by atoms with Gasteiger partial charge in [-0.2, -0.15) is 0 Å². The normalized spacial score (nSPS) is 11.6. The van der Waals surface area contributed by atoms with Crippen molar-refractivity contribution in [2.75, 3.05) is 0 Å².